The van der Waals surface area contributed by atoms with Crippen molar-refractivity contribution in [3.63, 3.8) is 0 Å². The smallest absolute Gasteiger partial charge is 0.343 e. The molecule has 0 saturated heterocycles. The van der Waals surface area contributed by atoms with Gasteiger partial charge in [0, 0.05) is 24.1 Å². The first-order valence-corrected chi connectivity index (χ1v) is 12.5. The van der Waals surface area contributed by atoms with Crippen LogP contribution in [0.3, 0.4) is 0 Å². The summed E-state index contributed by atoms with van der Waals surface area (Å²) in [5, 5.41) is 11.8. The molecular weight excluding hydrogens is 496 g/mol. The van der Waals surface area contributed by atoms with Gasteiger partial charge in [-0.15, -0.1) is 0 Å². The van der Waals surface area contributed by atoms with Gasteiger partial charge in [-0.2, -0.15) is 5.26 Å². The fourth-order valence-electron chi connectivity index (χ4n) is 3.55. The highest BCUT2D eigenvalue weighted by molar-refractivity contribution is 5.94. The summed E-state index contributed by atoms with van der Waals surface area (Å²) in [6.45, 7) is 0.402. The van der Waals surface area contributed by atoms with E-state index in [9.17, 15) is 14.4 Å². The molecule has 3 aromatic rings. The van der Waals surface area contributed by atoms with Crippen molar-refractivity contribution in [3.8, 4) is 11.8 Å². The van der Waals surface area contributed by atoms with Crippen molar-refractivity contribution < 1.29 is 28.6 Å². The molecule has 8 heteroatoms. The number of hydrogen-bond donors (Lipinski definition) is 1. The highest BCUT2D eigenvalue weighted by Crippen LogP contribution is 2.23. The number of nitrogens with zero attached hydrogens (tertiary/aromatic N) is 1. The highest BCUT2D eigenvalue weighted by Gasteiger charge is 2.09. The molecule has 0 spiro atoms. The van der Waals surface area contributed by atoms with Gasteiger partial charge < -0.3 is 19.5 Å². The number of rotatable bonds is 13. The molecule has 0 aliphatic carbocycles. The Morgan fingerprint density at radius 3 is 2.44 bits per heavy atom. The molecule has 39 heavy (non-hydrogen) atoms. The number of hydrogen-bond acceptors (Lipinski definition) is 7. The van der Waals surface area contributed by atoms with Crippen LogP contribution in [-0.2, 0) is 32.1 Å². The van der Waals surface area contributed by atoms with Gasteiger partial charge in [-0.25, -0.2) is 4.79 Å². The molecule has 0 fully saturated rings. The van der Waals surface area contributed by atoms with E-state index >= 15 is 0 Å². The van der Waals surface area contributed by atoms with Crippen molar-refractivity contribution in [2.24, 2.45) is 0 Å². The molecule has 0 heterocycles. The molecular formula is C31H30N2O6. The minimum absolute atomic E-state index is 0.225. The standard InChI is InChI=1S/C31H30N2O6/c1-37-30(35)22-38-28-16-13-23(17-18-33-31(36)26-14-11-24(20-32)12-15-26)19-27(28)9-5-6-10-29(34)39-21-25-7-3-2-4-8-25/h2-5,7-9,11-16,19H,6,10,17-18,21-22H2,1H3,(H,33,36)/b9-5+. The van der Waals surface area contributed by atoms with Gasteiger partial charge in [0.05, 0.1) is 18.7 Å². The zero-order valence-electron chi connectivity index (χ0n) is 21.7. The van der Waals surface area contributed by atoms with Crippen LogP contribution in [-0.4, -0.2) is 38.1 Å². The topological polar surface area (TPSA) is 115 Å². The maximum Gasteiger partial charge on any atom is 0.343 e. The molecule has 0 aromatic heterocycles. The van der Waals surface area contributed by atoms with E-state index in [-0.39, 0.29) is 31.5 Å². The number of nitriles is 1. The second-order valence-electron chi connectivity index (χ2n) is 8.52. The van der Waals surface area contributed by atoms with Crippen molar-refractivity contribution in [1.29, 1.82) is 5.26 Å². The summed E-state index contributed by atoms with van der Waals surface area (Å²) < 4.78 is 15.6. The Kier molecular flexibility index (Phi) is 11.3. The van der Waals surface area contributed by atoms with Crippen LogP contribution in [0.4, 0.5) is 0 Å². The molecule has 1 amide bonds. The van der Waals surface area contributed by atoms with E-state index in [2.05, 4.69) is 10.1 Å². The average molecular weight is 527 g/mol. The molecule has 8 nitrogen and oxygen atoms in total. The number of esters is 2. The quantitative estimate of drug-likeness (QED) is 0.323. The predicted octanol–water partition coefficient (Wildman–Crippen LogP) is 4.62. The molecule has 3 aromatic carbocycles. The number of carbonyl (C=O) groups excluding carboxylic acids is 3. The van der Waals surface area contributed by atoms with Gasteiger partial charge in [-0.3, -0.25) is 9.59 Å². The van der Waals surface area contributed by atoms with Crippen LogP contribution in [0.2, 0.25) is 0 Å². The third-order valence-electron chi connectivity index (χ3n) is 5.68. The Morgan fingerprint density at radius 1 is 0.949 bits per heavy atom. The Bertz CT molecular complexity index is 1330. The van der Waals surface area contributed by atoms with Gasteiger partial charge in [-0.1, -0.05) is 48.6 Å². The average Bonchev–Trinajstić information content (AvgIpc) is 2.98. The minimum Gasteiger partial charge on any atom is -0.481 e. The van der Waals surface area contributed by atoms with Crippen LogP contribution < -0.4 is 10.1 Å². The first-order chi connectivity index (χ1) is 19.0. The van der Waals surface area contributed by atoms with Gasteiger partial charge >= 0.3 is 11.9 Å². The van der Waals surface area contributed by atoms with Crippen LogP contribution >= 0.6 is 0 Å². The second kappa shape index (κ2) is 15.4. The van der Waals surface area contributed by atoms with Crippen LogP contribution in [0.15, 0.2) is 78.9 Å². The fraction of sp³-hybridized carbons (Fsp3) is 0.226. The number of allylic oxidation sites excluding steroid dienone is 1. The third-order valence-corrected chi connectivity index (χ3v) is 5.68. The van der Waals surface area contributed by atoms with Gasteiger partial charge in [0.25, 0.3) is 5.91 Å². The lowest BCUT2D eigenvalue weighted by atomic mass is 10.1. The summed E-state index contributed by atoms with van der Waals surface area (Å²) in [6.07, 6.45) is 4.93. The molecule has 3 rings (SSSR count). The summed E-state index contributed by atoms with van der Waals surface area (Å²) in [6, 6.07) is 23.5. The predicted molar refractivity (Wildman–Crippen MR) is 146 cm³/mol. The van der Waals surface area contributed by atoms with Gasteiger partial charge in [0.2, 0.25) is 0 Å². The van der Waals surface area contributed by atoms with Crippen molar-refractivity contribution >= 4 is 23.9 Å². The molecule has 0 aliphatic heterocycles. The van der Waals surface area contributed by atoms with E-state index in [1.165, 1.54) is 7.11 Å². The summed E-state index contributed by atoms with van der Waals surface area (Å²) in [7, 11) is 1.29. The normalized spacial score (nSPS) is 10.5. The summed E-state index contributed by atoms with van der Waals surface area (Å²) in [5.41, 5.74) is 3.57. The van der Waals surface area contributed by atoms with E-state index in [0.29, 0.717) is 36.3 Å². The minimum atomic E-state index is -0.499. The molecule has 200 valence electrons. The van der Waals surface area contributed by atoms with Crippen molar-refractivity contribution in [3.05, 3.63) is 107 Å². The molecule has 0 unspecified atom stereocenters. The molecule has 0 bridgehead atoms. The van der Waals surface area contributed by atoms with E-state index in [1.807, 2.05) is 60.7 Å². The van der Waals surface area contributed by atoms with Crippen LogP contribution in [0.5, 0.6) is 5.75 Å². The highest BCUT2D eigenvalue weighted by atomic mass is 16.6. The lowest BCUT2D eigenvalue weighted by Crippen LogP contribution is -2.25. The van der Waals surface area contributed by atoms with E-state index < -0.39 is 5.97 Å². The summed E-state index contributed by atoms with van der Waals surface area (Å²) >= 11 is 0. The number of carbonyl (C=O) groups is 3. The molecule has 0 radical (unpaired) electrons. The number of amides is 1. The van der Waals surface area contributed by atoms with Crippen molar-refractivity contribution in [2.75, 3.05) is 20.3 Å². The van der Waals surface area contributed by atoms with Crippen LogP contribution in [0.1, 0.15) is 45.5 Å². The maximum absolute atomic E-state index is 12.4. The Balaban J connectivity index is 1.56. The van der Waals surface area contributed by atoms with Crippen molar-refractivity contribution in [2.45, 2.75) is 25.9 Å². The van der Waals surface area contributed by atoms with E-state index in [4.69, 9.17) is 14.7 Å². The first-order valence-electron chi connectivity index (χ1n) is 12.5. The largest absolute Gasteiger partial charge is 0.481 e. The van der Waals surface area contributed by atoms with E-state index in [1.54, 1.807) is 30.3 Å². The monoisotopic (exact) mass is 526 g/mol. The molecule has 0 aliphatic rings. The first kappa shape index (κ1) is 28.7. The maximum atomic E-state index is 12.4. The Hall–Kier alpha value is -4.90. The fourth-order valence-corrected chi connectivity index (χ4v) is 3.55. The van der Waals surface area contributed by atoms with Crippen LogP contribution in [0, 0.1) is 11.3 Å². The number of methoxy groups -OCH3 is 1. The van der Waals surface area contributed by atoms with Gasteiger partial charge in [-0.05, 0) is 60.4 Å². The molecule has 1 N–H and O–H groups in total. The number of nitrogens with one attached hydrogen (secondary N) is 1. The zero-order valence-corrected chi connectivity index (χ0v) is 21.7. The zero-order chi connectivity index (χ0) is 27.9. The SMILES string of the molecule is COC(=O)COc1ccc(CCNC(=O)c2ccc(C#N)cc2)cc1/C=C/CCC(=O)OCc1ccccc1. The van der Waals surface area contributed by atoms with Gasteiger partial charge in [0.1, 0.15) is 12.4 Å². The lowest BCUT2D eigenvalue weighted by Gasteiger charge is -2.11. The van der Waals surface area contributed by atoms with Crippen LogP contribution in [0.25, 0.3) is 6.08 Å². The van der Waals surface area contributed by atoms with Gasteiger partial charge in [0.15, 0.2) is 6.61 Å². The van der Waals surface area contributed by atoms with Crippen molar-refractivity contribution in [1.82, 2.24) is 5.32 Å². The second-order valence-corrected chi connectivity index (χ2v) is 8.52. The number of benzene rings is 3. The molecule has 0 atom stereocenters. The van der Waals surface area contributed by atoms with E-state index in [0.717, 1.165) is 16.7 Å². The Labute approximate surface area is 227 Å². The lowest BCUT2D eigenvalue weighted by molar-refractivity contribution is -0.145. The Morgan fingerprint density at radius 2 is 1.72 bits per heavy atom. The third kappa shape index (κ3) is 9.82. The molecule has 0 saturated carbocycles. The number of ether oxygens (including phenoxy) is 3. The summed E-state index contributed by atoms with van der Waals surface area (Å²) in [5.74, 6) is -0.524. The summed E-state index contributed by atoms with van der Waals surface area (Å²) in [4.78, 5) is 36.0.